The van der Waals surface area contributed by atoms with Crippen molar-refractivity contribution in [2.24, 2.45) is 0 Å². The Labute approximate surface area is 200 Å². The Morgan fingerprint density at radius 2 is 1.68 bits per heavy atom. The van der Waals surface area contributed by atoms with E-state index < -0.39 is 15.9 Å². The van der Waals surface area contributed by atoms with Crippen LogP contribution in [-0.4, -0.2) is 33.3 Å². The fourth-order valence-electron chi connectivity index (χ4n) is 3.89. The number of amides is 2. The van der Waals surface area contributed by atoms with Crippen LogP contribution in [0, 0.1) is 13.8 Å². The van der Waals surface area contributed by atoms with Crippen LogP contribution in [0.25, 0.3) is 0 Å². The fraction of sp³-hybridized carbons (Fsp3) is 0.231. The number of nitrogens with one attached hydrogen (secondary N) is 1. The van der Waals surface area contributed by atoms with Gasteiger partial charge in [0.25, 0.3) is 10.0 Å². The van der Waals surface area contributed by atoms with Gasteiger partial charge in [0, 0.05) is 24.3 Å². The normalized spacial score (nSPS) is 13.7. The molecular formula is C26H27N3O4S. The summed E-state index contributed by atoms with van der Waals surface area (Å²) in [5, 5.41) is 2.77. The van der Waals surface area contributed by atoms with Gasteiger partial charge in [0.05, 0.1) is 10.6 Å². The number of hydrogen-bond donors (Lipinski definition) is 1. The smallest absolute Gasteiger partial charge is 0.264 e. The Hall–Kier alpha value is -3.65. The zero-order chi connectivity index (χ0) is 24.3. The molecule has 3 aromatic rings. The summed E-state index contributed by atoms with van der Waals surface area (Å²) >= 11 is 0. The van der Waals surface area contributed by atoms with Gasteiger partial charge in [0.1, 0.15) is 6.54 Å². The van der Waals surface area contributed by atoms with Crippen molar-refractivity contribution in [3.05, 3.63) is 83.9 Å². The Morgan fingerprint density at radius 1 is 0.971 bits per heavy atom. The highest BCUT2D eigenvalue weighted by Gasteiger charge is 2.27. The van der Waals surface area contributed by atoms with E-state index in [1.807, 2.05) is 19.9 Å². The van der Waals surface area contributed by atoms with Crippen LogP contribution in [0.3, 0.4) is 0 Å². The lowest BCUT2D eigenvalue weighted by Crippen LogP contribution is -2.38. The summed E-state index contributed by atoms with van der Waals surface area (Å²) in [5.74, 6) is -0.380. The molecule has 0 unspecified atom stereocenters. The molecule has 1 saturated heterocycles. The van der Waals surface area contributed by atoms with E-state index in [0.29, 0.717) is 24.3 Å². The molecule has 34 heavy (non-hydrogen) atoms. The molecule has 0 spiro atoms. The van der Waals surface area contributed by atoms with Gasteiger partial charge in [0.15, 0.2) is 0 Å². The fourth-order valence-corrected chi connectivity index (χ4v) is 5.33. The van der Waals surface area contributed by atoms with Crippen LogP contribution >= 0.6 is 0 Å². The predicted molar refractivity (Wildman–Crippen MR) is 134 cm³/mol. The first kappa shape index (κ1) is 23.5. The van der Waals surface area contributed by atoms with Crippen LogP contribution < -0.4 is 14.5 Å². The van der Waals surface area contributed by atoms with Crippen molar-refractivity contribution < 1.29 is 18.0 Å². The molecular weight excluding hydrogens is 450 g/mol. The van der Waals surface area contributed by atoms with Gasteiger partial charge in [-0.1, -0.05) is 24.3 Å². The average molecular weight is 478 g/mol. The van der Waals surface area contributed by atoms with Gasteiger partial charge in [0.2, 0.25) is 11.8 Å². The molecule has 0 aromatic heterocycles. The van der Waals surface area contributed by atoms with Gasteiger partial charge in [-0.05, 0) is 79.9 Å². The van der Waals surface area contributed by atoms with Crippen molar-refractivity contribution in [2.75, 3.05) is 27.6 Å². The summed E-state index contributed by atoms with van der Waals surface area (Å²) in [6.45, 7) is 4.15. The summed E-state index contributed by atoms with van der Waals surface area (Å²) in [5.41, 5.74) is 3.69. The molecule has 8 heteroatoms. The lowest BCUT2D eigenvalue weighted by Gasteiger charge is -2.25. The largest absolute Gasteiger partial charge is 0.325 e. The van der Waals surface area contributed by atoms with Gasteiger partial charge in [-0.15, -0.1) is 0 Å². The molecule has 1 N–H and O–H groups in total. The first-order chi connectivity index (χ1) is 16.3. The molecule has 1 heterocycles. The van der Waals surface area contributed by atoms with Gasteiger partial charge in [-0.2, -0.15) is 0 Å². The number of aryl methyl sites for hydroxylation is 2. The molecule has 0 aliphatic carbocycles. The number of nitrogens with zero attached hydrogens (tertiary/aromatic N) is 2. The van der Waals surface area contributed by atoms with E-state index in [-0.39, 0.29) is 17.3 Å². The Balaban J connectivity index is 1.57. The van der Waals surface area contributed by atoms with Crippen LogP contribution in [0.15, 0.2) is 77.7 Å². The monoisotopic (exact) mass is 477 g/mol. The Kier molecular flexibility index (Phi) is 6.70. The van der Waals surface area contributed by atoms with E-state index in [9.17, 15) is 18.0 Å². The van der Waals surface area contributed by atoms with Gasteiger partial charge in [-0.3, -0.25) is 13.9 Å². The maximum Gasteiger partial charge on any atom is 0.264 e. The first-order valence-corrected chi connectivity index (χ1v) is 12.5. The van der Waals surface area contributed by atoms with Crippen molar-refractivity contribution in [3.63, 3.8) is 0 Å². The van der Waals surface area contributed by atoms with Gasteiger partial charge < -0.3 is 10.2 Å². The summed E-state index contributed by atoms with van der Waals surface area (Å²) in [6, 6.07) is 20.4. The second kappa shape index (κ2) is 9.69. The molecule has 1 aliphatic rings. The molecule has 7 nitrogen and oxygen atoms in total. The predicted octanol–water partition coefficient (Wildman–Crippen LogP) is 4.26. The van der Waals surface area contributed by atoms with E-state index in [1.165, 1.54) is 12.1 Å². The maximum atomic E-state index is 13.4. The number of sulfonamides is 1. The highest BCUT2D eigenvalue weighted by molar-refractivity contribution is 7.92. The lowest BCUT2D eigenvalue weighted by atomic mass is 10.1. The number of rotatable bonds is 7. The SMILES string of the molecule is Cc1ccc(N(CC(=O)Nc2ccc(N3CCCC3=O)cc2)S(=O)(=O)c2ccccc2)cc1C. The summed E-state index contributed by atoms with van der Waals surface area (Å²) in [6.07, 6.45) is 1.38. The topological polar surface area (TPSA) is 86.8 Å². The molecule has 3 aromatic carbocycles. The zero-order valence-corrected chi connectivity index (χ0v) is 20.0. The molecule has 2 amide bonds. The second-order valence-corrected chi connectivity index (χ2v) is 10.2. The summed E-state index contributed by atoms with van der Waals surface area (Å²) in [4.78, 5) is 26.7. The molecule has 0 saturated carbocycles. The summed E-state index contributed by atoms with van der Waals surface area (Å²) < 4.78 is 28.0. The van der Waals surface area contributed by atoms with Crippen LogP contribution in [0.1, 0.15) is 24.0 Å². The Morgan fingerprint density at radius 3 is 2.29 bits per heavy atom. The minimum Gasteiger partial charge on any atom is -0.325 e. The minimum absolute atomic E-state index is 0.0898. The molecule has 0 radical (unpaired) electrons. The molecule has 1 fully saturated rings. The first-order valence-electron chi connectivity index (χ1n) is 11.1. The third-order valence-electron chi connectivity index (χ3n) is 5.93. The third kappa shape index (κ3) is 4.97. The van der Waals surface area contributed by atoms with Gasteiger partial charge in [-0.25, -0.2) is 8.42 Å². The van der Waals surface area contributed by atoms with E-state index in [0.717, 1.165) is 27.5 Å². The van der Waals surface area contributed by atoms with Crippen molar-refractivity contribution >= 4 is 38.9 Å². The number of carbonyl (C=O) groups excluding carboxylic acids is 2. The molecule has 1 aliphatic heterocycles. The summed E-state index contributed by atoms with van der Waals surface area (Å²) in [7, 11) is -3.97. The third-order valence-corrected chi connectivity index (χ3v) is 7.72. The molecule has 4 rings (SSSR count). The molecule has 0 atom stereocenters. The zero-order valence-electron chi connectivity index (χ0n) is 19.2. The van der Waals surface area contributed by atoms with E-state index in [1.54, 1.807) is 59.5 Å². The van der Waals surface area contributed by atoms with E-state index >= 15 is 0 Å². The van der Waals surface area contributed by atoms with Crippen molar-refractivity contribution in [1.29, 1.82) is 0 Å². The number of carbonyl (C=O) groups is 2. The van der Waals surface area contributed by atoms with Crippen molar-refractivity contribution in [2.45, 2.75) is 31.6 Å². The van der Waals surface area contributed by atoms with E-state index in [2.05, 4.69) is 5.32 Å². The number of anilines is 3. The standard InChI is InChI=1S/C26H27N3O4S/c1-19-10-13-23(17-20(19)2)29(34(32,33)24-7-4-3-5-8-24)18-25(30)27-21-11-14-22(15-12-21)28-16-6-9-26(28)31/h3-5,7-8,10-15,17H,6,9,16,18H2,1-2H3,(H,27,30). The van der Waals surface area contributed by atoms with Crippen LogP contribution in [0.5, 0.6) is 0 Å². The highest BCUT2D eigenvalue weighted by Crippen LogP contribution is 2.26. The Bertz CT molecular complexity index is 1310. The number of hydrogen-bond acceptors (Lipinski definition) is 4. The van der Waals surface area contributed by atoms with Crippen molar-refractivity contribution in [3.8, 4) is 0 Å². The van der Waals surface area contributed by atoms with Crippen LogP contribution in [0.4, 0.5) is 17.1 Å². The molecule has 0 bridgehead atoms. The number of benzene rings is 3. The average Bonchev–Trinajstić information content (AvgIpc) is 3.26. The minimum atomic E-state index is -3.97. The quantitative estimate of drug-likeness (QED) is 0.551. The lowest BCUT2D eigenvalue weighted by molar-refractivity contribution is -0.117. The van der Waals surface area contributed by atoms with Crippen molar-refractivity contribution in [1.82, 2.24) is 0 Å². The maximum absolute atomic E-state index is 13.4. The van der Waals surface area contributed by atoms with Crippen LogP contribution in [-0.2, 0) is 19.6 Å². The highest BCUT2D eigenvalue weighted by atomic mass is 32.2. The van der Waals surface area contributed by atoms with E-state index in [4.69, 9.17) is 0 Å². The second-order valence-electron chi connectivity index (χ2n) is 8.34. The van der Waals surface area contributed by atoms with Crippen LogP contribution in [0.2, 0.25) is 0 Å². The van der Waals surface area contributed by atoms with Gasteiger partial charge >= 0.3 is 0 Å². The molecule has 176 valence electrons.